The van der Waals surface area contributed by atoms with Crippen molar-refractivity contribution in [3.63, 3.8) is 0 Å². The van der Waals surface area contributed by atoms with E-state index in [-0.39, 0.29) is 18.1 Å². The summed E-state index contributed by atoms with van der Waals surface area (Å²) < 4.78 is 13.2. The number of benzene rings is 1. The van der Waals surface area contributed by atoms with Gasteiger partial charge in [-0.15, -0.1) is 0 Å². The smallest absolute Gasteiger partial charge is 0.227 e. The third-order valence-electron chi connectivity index (χ3n) is 3.73. The minimum atomic E-state index is -0.234. The van der Waals surface area contributed by atoms with E-state index in [4.69, 9.17) is 0 Å². The summed E-state index contributed by atoms with van der Waals surface area (Å²) in [5.74, 6) is 0.803. The molecule has 0 saturated heterocycles. The number of guanidine groups is 1. The Labute approximate surface area is 159 Å². The Bertz CT molecular complexity index is 761. The number of anilines is 1. The Kier molecular flexibility index (Phi) is 8.22. The van der Waals surface area contributed by atoms with Gasteiger partial charge in [-0.2, -0.15) is 0 Å². The number of hydrogen-bond acceptors (Lipinski definition) is 3. The van der Waals surface area contributed by atoms with E-state index in [1.807, 2.05) is 26.0 Å². The van der Waals surface area contributed by atoms with E-state index in [0.29, 0.717) is 37.8 Å². The maximum absolute atomic E-state index is 13.2. The largest absolute Gasteiger partial charge is 0.357 e. The first-order chi connectivity index (χ1) is 13.1. The molecule has 1 heterocycles. The molecule has 0 bridgehead atoms. The second-order valence-electron chi connectivity index (χ2n) is 6.09. The lowest BCUT2D eigenvalue weighted by atomic mass is 10.1. The van der Waals surface area contributed by atoms with Crippen molar-refractivity contribution in [3.05, 3.63) is 59.5 Å². The molecule has 1 aromatic heterocycles. The number of amides is 1. The fourth-order valence-corrected chi connectivity index (χ4v) is 2.38. The number of aliphatic imine (C=N–C) groups is 1. The molecular formula is C20H26FN5O. The molecule has 0 unspecified atom stereocenters. The van der Waals surface area contributed by atoms with Gasteiger partial charge in [0.1, 0.15) is 11.6 Å². The zero-order chi connectivity index (χ0) is 19.5. The predicted octanol–water partition coefficient (Wildman–Crippen LogP) is 2.66. The fraction of sp³-hybridized carbons (Fsp3) is 0.350. The first-order valence-electron chi connectivity index (χ1n) is 9.06. The standard InChI is InChI=1S/C20H26FN5O/c1-3-22-20(23-11-9-16-5-4-6-17(21)13-16)24-12-10-19(27)26-18-8-7-15(2)14-25-18/h4-8,13-14H,3,9-12H2,1-2H3,(H2,22,23,24)(H,25,26,27). The summed E-state index contributed by atoms with van der Waals surface area (Å²) in [7, 11) is 0. The van der Waals surface area contributed by atoms with Gasteiger partial charge < -0.3 is 16.0 Å². The second-order valence-corrected chi connectivity index (χ2v) is 6.09. The number of carbonyl (C=O) groups excluding carboxylic acids is 1. The molecule has 27 heavy (non-hydrogen) atoms. The normalized spacial score (nSPS) is 11.1. The first kappa shape index (κ1) is 20.4. The zero-order valence-electron chi connectivity index (χ0n) is 15.8. The number of nitrogens with zero attached hydrogens (tertiary/aromatic N) is 2. The first-order valence-corrected chi connectivity index (χ1v) is 9.06. The quantitative estimate of drug-likeness (QED) is 0.492. The number of rotatable bonds is 8. The van der Waals surface area contributed by atoms with Crippen LogP contribution in [-0.4, -0.2) is 36.5 Å². The minimum Gasteiger partial charge on any atom is -0.357 e. The molecule has 1 aromatic carbocycles. The molecule has 0 saturated carbocycles. The Morgan fingerprint density at radius 2 is 2.07 bits per heavy atom. The van der Waals surface area contributed by atoms with Crippen LogP contribution < -0.4 is 16.0 Å². The van der Waals surface area contributed by atoms with Crippen LogP contribution in [0, 0.1) is 12.7 Å². The highest BCUT2D eigenvalue weighted by Gasteiger charge is 2.04. The molecule has 0 atom stereocenters. The minimum absolute atomic E-state index is 0.134. The molecule has 6 nitrogen and oxygen atoms in total. The van der Waals surface area contributed by atoms with Crippen LogP contribution in [0.25, 0.3) is 0 Å². The van der Waals surface area contributed by atoms with Crippen molar-refractivity contribution in [2.45, 2.75) is 26.7 Å². The molecule has 2 aromatic rings. The highest BCUT2D eigenvalue weighted by atomic mass is 19.1. The summed E-state index contributed by atoms with van der Waals surface area (Å²) >= 11 is 0. The molecule has 2 rings (SSSR count). The van der Waals surface area contributed by atoms with Crippen molar-refractivity contribution in [3.8, 4) is 0 Å². The monoisotopic (exact) mass is 371 g/mol. The molecule has 1 amide bonds. The molecule has 3 N–H and O–H groups in total. The van der Waals surface area contributed by atoms with Crippen molar-refractivity contribution in [2.24, 2.45) is 4.99 Å². The van der Waals surface area contributed by atoms with Crippen molar-refractivity contribution in [1.29, 1.82) is 0 Å². The number of carbonyl (C=O) groups is 1. The summed E-state index contributed by atoms with van der Waals surface area (Å²) in [5, 5.41) is 9.07. The van der Waals surface area contributed by atoms with Crippen LogP contribution in [0.4, 0.5) is 10.2 Å². The number of halogens is 1. The molecule has 0 aliphatic heterocycles. The number of aryl methyl sites for hydroxylation is 1. The van der Waals surface area contributed by atoms with Crippen LogP contribution >= 0.6 is 0 Å². The molecule has 0 fully saturated rings. The highest BCUT2D eigenvalue weighted by molar-refractivity contribution is 5.90. The fourth-order valence-electron chi connectivity index (χ4n) is 2.38. The highest BCUT2D eigenvalue weighted by Crippen LogP contribution is 2.05. The Balaban J connectivity index is 1.76. The second kappa shape index (κ2) is 10.9. The van der Waals surface area contributed by atoms with Crippen LogP contribution in [0.1, 0.15) is 24.5 Å². The van der Waals surface area contributed by atoms with E-state index in [1.165, 1.54) is 12.1 Å². The van der Waals surface area contributed by atoms with Gasteiger partial charge in [0.2, 0.25) is 5.91 Å². The summed E-state index contributed by atoms with van der Waals surface area (Å²) in [6.07, 6.45) is 2.65. The van der Waals surface area contributed by atoms with Gasteiger partial charge >= 0.3 is 0 Å². The summed E-state index contributed by atoms with van der Waals surface area (Å²) in [5.41, 5.74) is 1.96. The maximum atomic E-state index is 13.2. The third-order valence-corrected chi connectivity index (χ3v) is 3.73. The molecule has 0 aliphatic carbocycles. The van der Waals surface area contributed by atoms with Crippen LogP contribution in [0.15, 0.2) is 47.6 Å². The van der Waals surface area contributed by atoms with Crippen molar-refractivity contribution in [2.75, 3.05) is 25.0 Å². The summed E-state index contributed by atoms with van der Waals surface area (Å²) in [4.78, 5) is 20.5. The molecule has 7 heteroatoms. The van der Waals surface area contributed by atoms with Gasteiger partial charge in [0.25, 0.3) is 0 Å². The molecule has 0 aliphatic rings. The van der Waals surface area contributed by atoms with Crippen molar-refractivity contribution < 1.29 is 9.18 Å². The van der Waals surface area contributed by atoms with E-state index in [0.717, 1.165) is 11.1 Å². The molecular weight excluding hydrogens is 345 g/mol. The average molecular weight is 371 g/mol. The van der Waals surface area contributed by atoms with Crippen LogP contribution in [0.3, 0.4) is 0 Å². The summed E-state index contributed by atoms with van der Waals surface area (Å²) in [6, 6.07) is 10.2. The number of aromatic nitrogens is 1. The van der Waals surface area contributed by atoms with Gasteiger partial charge in [-0.3, -0.25) is 9.79 Å². The molecule has 0 radical (unpaired) electrons. The lowest BCUT2D eigenvalue weighted by molar-refractivity contribution is -0.116. The van der Waals surface area contributed by atoms with Gasteiger partial charge in [0.05, 0.1) is 6.54 Å². The Hall–Kier alpha value is -2.96. The van der Waals surface area contributed by atoms with Gasteiger partial charge in [-0.1, -0.05) is 18.2 Å². The van der Waals surface area contributed by atoms with Gasteiger partial charge in [0, 0.05) is 25.7 Å². The van der Waals surface area contributed by atoms with E-state index < -0.39 is 0 Å². The van der Waals surface area contributed by atoms with Crippen LogP contribution in [0.5, 0.6) is 0 Å². The lowest BCUT2D eigenvalue weighted by Gasteiger charge is -2.11. The Morgan fingerprint density at radius 1 is 1.22 bits per heavy atom. The van der Waals surface area contributed by atoms with Crippen LogP contribution in [0.2, 0.25) is 0 Å². The lowest BCUT2D eigenvalue weighted by Crippen LogP contribution is -2.38. The SMILES string of the molecule is CCNC(=NCCC(=O)Nc1ccc(C)cn1)NCCc1cccc(F)c1. The van der Waals surface area contributed by atoms with E-state index in [1.54, 1.807) is 18.3 Å². The topological polar surface area (TPSA) is 78.4 Å². The molecule has 144 valence electrons. The van der Waals surface area contributed by atoms with Crippen LogP contribution in [-0.2, 0) is 11.2 Å². The number of pyridine rings is 1. The average Bonchev–Trinajstić information content (AvgIpc) is 2.64. The van der Waals surface area contributed by atoms with Gasteiger partial charge in [-0.25, -0.2) is 9.37 Å². The van der Waals surface area contributed by atoms with E-state index >= 15 is 0 Å². The van der Waals surface area contributed by atoms with Gasteiger partial charge in [-0.05, 0) is 49.6 Å². The zero-order valence-corrected chi connectivity index (χ0v) is 15.8. The third kappa shape index (κ3) is 7.85. The Morgan fingerprint density at radius 3 is 2.78 bits per heavy atom. The predicted molar refractivity (Wildman–Crippen MR) is 106 cm³/mol. The van der Waals surface area contributed by atoms with Crippen molar-refractivity contribution >= 4 is 17.7 Å². The van der Waals surface area contributed by atoms with Gasteiger partial charge in [0.15, 0.2) is 5.96 Å². The van der Waals surface area contributed by atoms with Crippen molar-refractivity contribution in [1.82, 2.24) is 15.6 Å². The summed E-state index contributed by atoms with van der Waals surface area (Å²) in [6.45, 7) is 5.60. The van der Waals surface area contributed by atoms with E-state index in [9.17, 15) is 9.18 Å². The number of nitrogens with one attached hydrogen (secondary N) is 3. The molecule has 0 spiro atoms. The maximum Gasteiger partial charge on any atom is 0.227 e. The number of hydrogen-bond donors (Lipinski definition) is 3. The van der Waals surface area contributed by atoms with E-state index in [2.05, 4.69) is 25.9 Å².